The van der Waals surface area contributed by atoms with Crippen molar-refractivity contribution in [3.63, 3.8) is 0 Å². The van der Waals surface area contributed by atoms with Gasteiger partial charge in [0.05, 0.1) is 5.56 Å². The average molecular weight is 339 g/mol. The van der Waals surface area contributed by atoms with Crippen molar-refractivity contribution < 1.29 is 22.7 Å². The molecule has 0 radical (unpaired) electrons. The van der Waals surface area contributed by atoms with E-state index in [1.54, 1.807) is 20.8 Å². The molecule has 124 valence electrons. The minimum absolute atomic E-state index is 0.0385. The lowest BCUT2D eigenvalue weighted by Gasteiger charge is -2.22. The lowest BCUT2D eigenvalue weighted by Crippen LogP contribution is -2.37. The van der Waals surface area contributed by atoms with Crippen molar-refractivity contribution in [2.24, 2.45) is 5.73 Å². The molecule has 0 bridgehead atoms. The van der Waals surface area contributed by atoms with E-state index in [-0.39, 0.29) is 17.1 Å². The Kier molecular flexibility index (Phi) is 5.70. The summed E-state index contributed by atoms with van der Waals surface area (Å²) in [6, 6.07) is 2.29. The number of hydrogen-bond donors (Lipinski definition) is 2. The van der Waals surface area contributed by atoms with Gasteiger partial charge in [-0.2, -0.15) is 13.2 Å². The summed E-state index contributed by atoms with van der Waals surface area (Å²) in [5, 5.41) is 2.31. The Labute approximate surface area is 131 Å². The number of hydrogen-bond acceptors (Lipinski definition) is 3. The van der Waals surface area contributed by atoms with Crippen LogP contribution in [-0.2, 0) is 10.9 Å². The molecular formula is C14H18ClF3N2O2. The maximum absolute atomic E-state index is 13.0. The number of carbonyl (C=O) groups excluding carboxylic acids is 1. The van der Waals surface area contributed by atoms with Gasteiger partial charge in [-0.15, -0.1) is 0 Å². The van der Waals surface area contributed by atoms with Gasteiger partial charge in [-0.3, -0.25) is 0 Å². The minimum Gasteiger partial charge on any atom is -0.444 e. The number of amides is 1. The van der Waals surface area contributed by atoms with Crippen molar-refractivity contribution in [2.45, 2.75) is 38.6 Å². The molecule has 0 saturated heterocycles. The van der Waals surface area contributed by atoms with Crippen molar-refractivity contribution in [2.75, 3.05) is 6.54 Å². The molecule has 0 saturated carbocycles. The molecule has 22 heavy (non-hydrogen) atoms. The zero-order valence-electron chi connectivity index (χ0n) is 12.4. The number of carbonyl (C=O) groups is 1. The van der Waals surface area contributed by atoms with Gasteiger partial charge in [0, 0.05) is 17.6 Å². The highest BCUT2D eigenvalue weighted by atomic mass is 35.5. The first-order valence-electron chi connectivity index (χ1n) is 6.49. The van der Waals surface area contributed by atoms with E-state index in [2.05, 4.69) is 5.32 Å². The van der Waals surface area contributed by atoms with Gasteiger partial charge in [-0.25, -0.2) is 4.79 Å². The third-order valence-corrected chi connectivity index (χ3v) is 2.82. The van der Waals surface area contributed by atoms with Crippen LogP contribution in [0.4, 0.5) is 18.0 Å². The van der Waals surface area contributed by atoms with E-state index in [1.807, 2.05) is 0 Å². The molecule has 0 spiro atoms. The molecule has 1 aromatic rings. The van der Waals surface area contributed by atoms with Crippen LogP contribution < -0.4 is 11.1 Å². The van der Waals surface area contributed by atoms with Crippen LogP contribution >= 0.6 is 11.6 Å². The zero-order chi connectivity index (χ0) is 17.1. The van der Waals surface area contributed by atoms with Crippen LogP contribution in [0.15, 0.2) is 18.2 Å². The molecule has 1 unspecified atom stereocenters. The molecule has 0 aromatic heterocycles. The van der Waals surface area contributed by atoms with Gasteiger partial charge in [-0.05, 0) is 38.5 Å². The Morgan fingerprint density at radius 2 is 1.95 bits per heavy atom. The molecule has 0 heterocycles. The molecule has 1 aromatic carbocycles. The van der Waals surface area contributed by atoms with Crippen LogP contribution in [0.3, 0.4) is 0 Å². The number of nitrogens with two attached hydrogens (primary N) is 1. The number of nitrogens with one attached hydrogen (secondary N) is 1. The summed E-state index contributed by atoms with van der Waals surface area (Å²) in [4.78, 5) is 11.5. The van der Waals surface area contributed by atoms with Gasteiger partial charge in [0.25, 0.3) is 0 Å². The number of ether oxygens (including phenoxy) is 1. The quantitative estimate of drug-likeness (QED) is 0.879. The van der Waals surface area contributed by atoms with Crippen LogP contribution in [-0.4, -0.2) is 18.2 Å². The lowest BCUT2D eigenvalue weighted by atomic mass is 10.0. The fourth-order valence-electron chi connectivity index (χ4n) is 1.71. The summed E-state index contributed by atoms with van der Waals surface area (Å²) < 4.78 is 43.9. The van der Waals surface area contributed by atoms with E-state index in [4.69, 9.17) is 22.1 Å². The lowest BCUT2D eigenvalue weighted by molar-refractivity contribution is -0.138. The van der Waals surface area contributed by atoms with Crippen LogP contribution in [0.5, 0.6) is 0 Å². The van der Waals surface area contributed by atoms with E-state index < -0.39 is 29.5 Å². The molecule has 4 nitrogen and oxygen atoms in total. The third-order valence-electron chi connectivity index (χ3n) is 2.59. The highest BCUT2D eigenvalue weighted by Crippen LogP contribution is 2.35. The fourth-order valence-corrected chi connectivity index (χ4v) is 1.89. The van der Waals surface area contributed by atoms with Gasteiger partial charge in [0.1, 0.15) is 5.60 Å². The van der Waals surface area contributed by atoms with E-state index >= 15 is 0 Å². The second kappa shape index (κ2) is 6.75. The predicted molar refractivity (Wildman–Crippen MR) is 77.6 cm³/mol. The summed E-state index contributed by atoms with van der Waals surface area (Å²) in [5.74, 6) is 0. The smallest absolute Gasteiger partial charge is 0.416 e. The van der Waals surface area contributed by atoms with Crippen LogP contribution in [0.25, 0.3) is 0 Å². The number of halogens is 4. The summed E-state index contributed by atoms with van der Waals surface area (Å²) >= 11 is 5.60. The van der Waals surface area contributed by atoms with E-state index in [0.717, 1.165) is 6.07 Å². The first-order chi connectivity index (χ1) is 9.90. The average Bonchev–Trinajstić information content (AvgIpc) is 2.32. The number of alkyl halides is 3. The van der Waals surface area contributed by atoms with Crippen molar-refractivity contribution in [1.82, 2.24) is 5.32 Å². The highest BCUT2D eigenvalue weighted by molar-refractivity contribution is 6.30. The van der Waals surface area contributed by atoms with Crippen LogP contribution in [0, 0.1) is 0 Å². The SMILES string of the molecule is CC(C)(C)OC(=O)NCC(N)c1ccc(Cl)cc1C(F)(F)F. The van der Waals surface area contributed by atoms with Crippen LogP contribution in [0.2, 0.25) is 5.02 Å². The molecule has 1 amide bonds. The number of rotatable bonds is 3. The molecule has 0 aliphatic heterocycles. The predicted octanol–water partition coefficient (Wildman–Crippen LogP) is 3.88. The Morgan fingerprint density at radius 1 is 1.36 bits per heavy atom. The van der Waals surface area contributed by atoms with Gasteiger partial charge < -0.3 is 15.8 Å². The van der Waals surface area contributed by atoms with Crippen molar-refractivity contribution in [3.05, 3.63) is 34.3 Å². The first kappa shape index (κ1) is 18.6. The summed E-state index contributed by atoms with van der Waals surface area (Å²) in [6.45, 7) is 4.83. The normalized spacial score (nSPS) is 13.6. The molecule has 0 fully saturated rings. The van der Waals surface area contributed by atoms with Gasteiger partial charge >= 0.3 is 12.3 Å². The van der Waals surface area contributed by atoms with E-state index in [9.17, 15) is 18.0 Å². The minimum atomic E-state index is -4.58. The van der Waals surface area contributed by atoms with Crippen LogP contribution in [0.1, 0.15) is 37.9 Å². The van der Waals surface area contributed by atoms with Crippen molar-refractivity contribution in [3.8, 4) is 0 Å². The monoisotopic (exact) mass is 338 g/mol. The van der Waals surface area contributed by atoms with Crippen molar-refractivity contribution >= 4 is 17.7 Å². The largest absolute Gasteiger partial charge is 0.444 e. The van der Waals surface area contributed by atoms with Gasteiger partial charge in [-0.1, -0.05) is 17.7 Å². The Balaban J connectivity index is 2.82. The van der Waals surface area contributed by atoms with Gasteiger partial charge in [0.2, 0.25) is 0 Å². The summed E-state index contributed by atoms with van der Waals surface area (Å²) in [5.41, 5.74) is 3.97. The molecular weight excluding hydrogens is 321 g/mol. The number of alkyl carbamates (subject to hydrolysis) is 1. The maximum atomic E-state index is 13.0. The first-order valence-corrected chi connectivity index (χ1v) is 6.87. The molecule has 0 aliphatic carbocycles. The second-order valence-electron chi connectivity index (χ2n) is 5.72. The molecule has 1 rings (SSSR count). The summed E-state index contributed by atoms with van der Waals surface area (Å²) in [7, 11) is 0. The highest BCUT2D eigenvalue weighted by Gasteiger charge is 2.35. The maximum Gasteiger partial charge on any atom is 0.416 e. The molecule has 3 N–H and O–H groups in total. The molecule has 0 aliphatic rings. The third kappa shape index (κ3) is 5.73. The number of benzene rings is 1. The molecule has 1 atom stereocenters. The Bertz CT molecular complexity index is 542. The standard InChI is InChI=1S/C14H18ClF3N2O2/c1-13(2,3)22-12(21)20-7-11(19)9-5-4-8(15)6-10(9)14(16,17)18/h4-6,11H,7,19H2,1-3H3,(H,20,21). The van der Waals surface area contributed by atoms with Gasteiger partial charge in [0.15, 0.2) is 0 Å². The summed E-state index contributed by atoms with van der Waals surface area (Å²) in [6.07, 6.45) is -5.32. The van der Waals surface area contributed by atoms with Crippen molar-refractivity contribution in [1.29, 1.82) is 0 Å². The Morgan fingerprint density at radius 3 is 2.45 bits per heavy atom. The topological polar surface area (TPSA) is 64.3 Å². The van der Waals surface area contributed by atoms with E-state index in [0.29, 0.717) is 0 Å². The zero-order valence-corrected chi connectivity index (χ0v) is 13.2. The fraction of sp³-hybridized carbons (Fsp3) is 0.500. The van der Waals surface area contributed by atoms with E-state index in [1.165, 1.54) is 12.1 Å². The molecule has 8 heteroatoms. The second-order valence-corrected chi connectivity index (χ2v) is 6.16. The Hall–Kier alpha value is -1.47.